The first-order chi connectivity index (χ1) is 5.47. The summed E-state index contributed by atoms with van der Waals surface area (Å²) in [7, 11) is 0. The molecule has 0 saturated carbocycles. The molecule has 2 heterocycles. The summed E-state index contributed by atoms with van der Waals surface area (Å²) in [5.41, 5.74) is 1.29. The summed E-state index contributed by atoms with van der Waals surface area (Å²) in [5, 5.41) is 7.40. The monoisotopic (exact) mass is 153 g/mol. The topological polar surface area (TPSA) is 29.9 Å². The molecule has 0 unspecified atom stereocenters. The van der Waals surface area contributed by atoms with Crippen LogP contribution in [0.25, 0.3) is 0 Å². The van der Waals surface area contributed by atoms with Crippen molar-refractivity contribution in [2.75, 3.05) is 6.54 Å². The summed E-state index contributed by atoms with van der Waals surface area (Å²) in [6.45, 7) is 7.04. The fourth-order valence-corrected chi connectivity index (χ4v) is 1.11. The predicted octanol–water partition coefficient (Wildman–Crippen LogP) is 1.01. The summed E-state index contributed by atoms with van der Waals surface area (Å²) < 4.78 is 2.04. The lowest BCUT2D eigenvalue weighted by atomic mass is 10.3. The van der Waals surface area contributed by atoms with Gasteiger partial charge in [-0.2, -0.15) is 5.10 Å². The van der Waals surface area contributed by atoms with E-state index in [4.69, 9.17) is 0 Å². The Kier molecular flexibility index (Phi) is 3.11. The maximum atomic E-state index is 4.13. The molecule has 1 aliphatic heterocycles. The summed E-state index contributed by atoms with van der Waals surface area (Å²) in [4.78, 5) is 0. The third-order valence-corrected chi connectivity index (χ3v) is 1.61. The van der Waals surface area contributed by atoms with Crippen LogP contribution in [0.15, 0.2) is 12.3 Å². The number of rotatable bonds is 0. The highest BCUT2D eigenvalue weighted by Crippen LogP contribution is 2.00. The first kappa shape index (κ1) is 8.27. The van der Waals surface area contributed by atoms with Crippen molar-refractivity contribution in [1.82, 2.24) is 15.1 Å². The van der Waals surface area contributed by atoms with E-state index in [0.29, 0.717) is 0 Å². The molecule has 1 N–H and O–H groups in total. The molecule has 0 fully saturated rings. The van der Waals surface area contributed by atoms with E-state index in [1.54, 1.807) is 0 Å². The van der Waals surface area contributed by atoms with Crippen LogP contribution in [0.2, 0.25) is 0 Å². The summed E-state index contributed by atoms with van der Waals surface area (Å²) in [5.74, 6) is 0. The smallest absolute Gasteiger partial charge is 0.0537 e. The van der Waals surface area contributed by atoms with E-state index >= 15 is 0 Å². The van der Waals surface area contributed by atoms with E-state index in [-0.39, 0.29) is 0 Å². The van der Waals surface area contributed by atoms with Gasteiger partial charge in [0.15, 0.2) is 0 Å². The van der Waals surface area contributed by atoms with E-state index in [1.807, 2.05) is 30.8 Å². The predicted molar refractivity (Wildman–Crippen MR) is 45.3 cm³/mol. The van der Waals surface area contributed by atoms with Crippen LogP contribution in [0.4, 0.5) is 0 Å². The van der Waals surface area contributed by atoms with E-state index < -0.39 is 0 Å². The molecule has 3 heteroatoms. The van der Waals surface area contributed by atoms with Crippen molar-refractivity contribution in [1.29, 1.82) is 0 Å². The van der Waals surface area contributed by atoms with E-state index in [1.165, 1.54) is 5.69 Å². The molecule has 62 valence electrons. The quantitative estimate of drug-likeness (QED) is 0.603. The third-order valence-electron chi connectivity index (χ3n) is 1.61. The molecule has 11 heavy (non-hydrogen) atoms. The SMILES string of the molecule is CC.c1cc2n(n1)CCNC2. The van der Waals surface area contributed by atoms with Crippen LogP contribution in [-0.4, -0.2) is 16.3 Å². The van der Waals surface area contributed by atoms with Gasteiger partial charge in [-0.1, -0.05) is 13.8 Å². The van der Waals surface area contributed by atoms with Gasteiger partial charge in [0.25, 0.3) is 0 Å². The minimum atomic E-state index is 0.972. The lowest BCUT2D eigenvalue weighted by molar-refractivity contribution is 0.475. The van der Waals surface area contributed by atoms with E-state index in [2.05, 4.69) is 10.4 Å². The minimum Gasteiger partial charge on any atom is -0.309 e. The maximum absolute atomic E-state index is 4.13. The molecular formula is C8H15N3. The normalized spacial score (nSPS) is 14.7. The Morgan fingerprint density at radius 2 is 2.36 bits per heavy atom. The highest BCUT2D eigenvalue weighted by molar-refractivity contribution is 5.01. The first-order valence-electron chi connectivity index (χ1n) is 4.18. The number of aromatic nitrogens is 2. The molecule has 0 spiro atoms. The lowest BCUT2D eigenvalue weighted by Gasteiger charge is -2.13. The molecule has 0 amide bonds. The third kappa shape index (κ3) is 1.80. The Bertz CT molecular complexity index is 184. The molecule has 0 radical (unpaired) electrons. The van der Waals surface area contributed by atoms with Gasteiger partial charge in [-0.25, -0.2) is 0 Å². The summed E-state index contributed by atoms with van der Waals surface area (Å²) in [6, 6.07) is 2.05. The van der Waals surface area contributed by atoms with E-state index in [0.717, 1.165) is 19.6 Å². The van der Waals surface area contributed by atoms with Gasteiger partial charge in [0.05, 0.1) is 12.2 Å². The Morgan fingerprint density at radius 1 is 1.55 bits per heavy atom. The van der Waals surface area contributed by atoms with Crippen LogP contribution in [0.1, 0.15) is 19.5 Å². The summed E-state index contributed by atoms with van der Waals surface area (Å²) >= 11 is 0. The van der Waals surface area contributed by atoms with Crippen LogP contribution in [-0.2, 0) is 13.1 Å². The Hall–Kier alpha value is -0.830. The van der Waals surface area contributed by atoms with Gasteiger partial charge in [-0.3, -0.25) is 4.68 Å². The van der Waals surface area contributed by atoms with Gasteiger partial charge in [-0.05, 0) is 6.07 Å². The van der Waals surface area contributed by atoms with Crippen molar-refractivity contribution >= 4 is 0 Å². The highest BCUT2D eigenvalue weighted by Gasteiger charge is 2.05. The number of nitrogens with zero attached hydrogens (tertiary/aromatic N) is 2. The lowest BCUT2D eigenvalue weighted by Crippen LogP contribution is -2.28. The van der Waals surface area contributed by atoms with Gasteiger partial charge in [0.1, 0.15) is 0 Å². The fraction of sp³-hybridized carbons (Fsp3) is 0.625. The van der Waals surface area contributed by atoms with Crippen LogP contribution in [0.5, 0.6) is 0 Å². The van der Waals surface area contributed by atoms with Crippen LogP contribution >= 0.6 is 0 Å². The Balaban J connectivity index is 0.000000281. The molecule has 1 aliphatic rings. The molecule has 0 atom stereocenters. The average molecular weight is 153 g/mol. The number of fused-ring (bicyclic) bond motifs is 1. The maximum Gasteiger partial charge on any atom is 0.0537 e. The zero-order chi connectivity index (χ0) is 8.10. The van der Waals surface area contributed by atoms with Crippen LogP contribution < -0.4 is 5.32 Å². The second-order valence-corrected chi connectivity index (χ2v) is 2.22. The van der Waals surface area contributed by atoms with Crippen molar-refractivity contribution in [3.05, 3.63) is 18.0 Å². The zero-order valence-corrected chi connectivity index (χ0v) is 7.17. The molecule has 0 saturated heterocycles. The molecule has 3 nitrogen and oxygen atoms in total. The Labute approximate surface area is 67.4 Å². The van der Waals surface area contributed by atoms with Crippen molar-refractivity contribution in [3.63, 3.8) is 0 Å². The van der Waals surface area contributed by atoms with Crippen molar-refractivity contribution in [2.24, 2.45) is 0 Å². The van der Waals surface area contributed by atoms with Gasteiger partial charge in [0, 0.05) is 19.3 Å². The van der Waals surface area contributed by atoms with Crippen LogP contribution in [0.3, 0.4) is 0 Å². The van der Waals surface area contributed by atoms with Gasteiger partial charge in [0.2, 0.25) is 0 Å². The summed E-state index contributed by atoms with van der Waals surface area (Å²) in [6.07, 6.45) is 1.85. The molecule has 0 aliphatic carbocycles. The van der Waals surface area contributed by atoms with E-state index in [9.17, 15) is 0 Å². The number of nitrogens with one attached hydrogen (secondary N) is 1. The van der Waals surface area contributed by atoms with Gasteiger partial charge in [-0.15, -0.1) is 0 Å². The first-order valence-corrected chi connectivity index (χ1v) is 4.18. The number of hydrogen-bond donors (Lipinski definition) is 1. The molecule has 1 aromatic heterocycles. The average Bonchev–Trinajstić information content (AvgIpc) is 2.55. The van der Waals surface area contributed by atoms with Gasteiger partial charge < -0.3 is 5.32 Å². The molecule has 0 bridgehead atoms. The van der Waals surface area contributed by atoms with Crippen molar-refractivity contribution < 1.29 is 0 Å². The fourth-order valence-electron chi connectivity index (χ4n) is 1.11. The second kappa shape index (κ2) is 4.13. The molecular weight excluding hydrogens is 138 g/mol. The number of hydrogen-bond acceptors (Lipinski definition) is 2. The Morgan fingerprint density at radius 3 is 3.09 bits per heavy atom. The zero-order valence-electron chi connectivity index (χ0n) is 7.17. The van der Waals surface area contributed by atoms with Gasteiger partial charge >= 0.3 is 0 Å². The van der Waals surface area contributed by atoms with Crippen molar-refractivity contribution in [3.8, 4) is 0 Å². The van der Waals surface area contributed by atoms with Crippen molar-refractivity contribution in [2.45, 2.75) is 26.9 Å². The highest BCUT2D eigenvalue weighted by atomic mass is 15.3. The molecule has 1 aromatic rings. The molecule has 2 rings (SSSR count). The molecule has 0 aromatic carbocycles. The standard InChI is InChI=1S/C6H9N3.C2H6/c1-2-8-9-4-3-7-5-6(1)9;1-2/h1-2,7H,3-5H2;1-2H3. The largest absolute Gasteiger partial charge is 0.309 e. The minimum absolute atomic E-state index is 0.972. The van der Waals surface area contributed by atoms with Crippen LogP contribution in [0, 0.1) is 0 Å². The second-order valence-electron chi connectivity index (χ2n) is 2.22.